The fourth-order valence-corrected chi connectivity index (χ4v) is 4.99. The Hall–Kier alpha value is -4.04. The van der Waals surface area contributed by atoms with Crippen LogP contribution in [0.1, 0.15) is 11.1 Å². The molecule has 1 saturated heterocycles. The Labute approximate surface area is 214 Å². The average molecular weight is 499 g/mol. The number of fused-ring (bicyclic) bond motifs is 3. The van der Waals surface area contributed by atoms with E-state index in [2.05, 4.69) is 60.4 Å². The van der Waals surface area contributed by atoms with Crippen LogP contribution < -0.4 is 10.2 Å². The van der Waals surface area contributed by atoms with Crippen molar-refractivity contribution in [2.75, 3.05) is 42.9 Å². The summed E-state index contributed by atoms with van der Waals surface area (Å²) in [6.45, 7) is 5.00. The highest BCUT2D eigenvalue weighted by molar-refractivity contribution is 6.09. The number of benzene rings is 3. The predicted octanol–water partition coefficient (Wildman–Crippen LogP) is 5.37. The van der Waals surface area contributed by atoms with E-state index in [1.54, 1.807) is 12.4 Å². The predicted molar refractivity (Wildman–Crippen MR) is 144 cm³/mol. The largest absolute Gasteiger partial charge is 0.381 e. The highest BCUT2D eigenvalue weighted by Crippen LogP contribution is 2.31. The minimum atomic E-state index is -0.801. The van der Waals surface area contributed by atoms with Gasteiger partial charge in [0, 0.05) is 55.9 Å². The summed E-state index contributed by atoms with van der Waals surface area (Å²) in [5.74, 6) is -0.669. The molecule has 6 rings (SSSR count). The Morgan fingerprint density at radius 2 is 1.68 bits per heavy atom. The summed E-state index contributed by atoms with van der Waals surface area (Å²) in [5.41, 5.74) is 6.00. The quantitative estimate of drug-likeness (QED) is 0.316. The number of halogens is 2. The van der Waals surface area contributed by atoms with E-state index in [0.717, 1.165) is 78.3 Å². The van der Waals surface area contributed by atoms with Crippen LogP contribution in [0.3, 0.4) is 0 Å². The van der Waals surface area contributed by atoms with Gasteiger partial charge in [-0.05, 0) is 47.9 Å². The molecular weight excluding hydrogens is 470 g/mol. The molecule has 0 aliphatic carbocycles. The van der Waals surface area contributed by atoms with Gasteiger partial charge in [-0.1, -0.05) is 36.4 Å². The van der Waals surface area contributed by atoms with Crippen LogP contribution in [0.15, 0.2) is 73.1 Å². The standard InChI is InChI=1S/C29H28F2N6/c30-24-8-6-20(16-25(24)31)10-11-36-12-14-37(15-13-36)29-28-27(33-19-34-29)23-17-22(7-9-26(23)35-28)32-18-21-4-2-1-3-5-21/h1-9,16-17,19,32,35H,10-15,18H2. The lowest BCUT2D eigenvalue weighted by atomic mass is 10.1. The second-order valence-electron chi connectivity index (χ2n) is 9.47. The molecule has 0 spiro atoms. The Morgan fingerprint density at radius 3 is 2.49 bits per heavy atom. The summed E-state index contributed by atoms with van der Waals surface area (Å²) in [5, 5.41) is 4.58. The van der Waals surface area contributed by atoms with Gasteiger partial charge in [0.1, 0.15) is 17.4 Å². The topological polar surface area (TPSA) is 60.1 Å². The van der Waals surface area contributed by atoms with E-state index in [1.807, 2.05) is 18.2 Å². The molecule has 1 aliphatic heterocycles. The third kappa shape index (κ3) is 4.97. The van der Waals surface area contributed by atoms with Crippen molar-refractivity contribution in [3.05, 3.63) is 95.8 Å². The van der Waals surface area contributed by atoms with E-state index in [9.17, 15) is 8.78 Å². The Balaban J connectivity index is 1.14. The number of anilines is 2. The van der Waals surface area contributed by atoms with Crippen LogP contribution in [0.5, 0.6) is 0 Å². The molecule has 0 unspecified atom stereocenters. The SMILES string of the molecule is Fc1ccc(CCN2CCN(c3ncnc4c3[nH]c3ccc(NCc5ccccc5)cc34)CC2)cc1F. The van der Waals surface area contributed by atoms with Crippen LogP contribution in [0.25, 0.3) is 21.9 Å². The lowest BCUT2D eigenvalue weighted by Crippen LogP contribution is -2.47. The Bertz CT molecular complexity index is 1530. The summed E-state index contributed by atoms with van der Waals surface area (Å²) in [6.07, 6.45) is 2.34. The maximum atomic E-state index is 13.5. The summed E-state index contributed by atoms with van der Waals surface area (Å²) < 4.78 is 26.7. The molecule has 5 aromatic rings. The third-order valence-electron chi connectivity index (χ3n) is 7.07. The number of aromatic amines is 1. The number of hydrogen-bond acceptors (Lipinski definition) is 5. The van der Waals surface area contributed by atoms with Gasteiger partial charge in [0.15, 0.2) is 17.5 Å². The number of nitrogens with zero attached hydrogens (tertiary/aromatic N) is 4. The summed E-state index contributed by atoms with van der Waals surface area (Å²) >= 11 is 0. The molecule has 6 nitrogen and oxygen atoms in total. The Kier molecular flexibility index (Phi) is 6.40. The maximum absolute atomic E-state index is 13.5. The zero-order valence-corrected chi connectivity index (χ0v) is 20.4. The van der Waals surface area contributed by atoms with E-state index < -0.39 is 11.6 Å². The van der Waals surface area contributed by atoms with Crippen molar-refractivity contribution >= 4 is 33.4 Å². The van der Waals surface area contributed by atoms with Crippen LogP contribution in [0, 0.1) is 11.6 Å². The van der Waals surface area contributed by atoms with Crippen molar-refractivity contribution < 1.29 is 8.78 Å². The highest BCUT2D eigenvalue weighted by atomic mass is 19.2. The van der Waals surface area contributed by atoms with Crippen LogP contribution in [-0.2, 0) is 13.0 Å². The fraction of sp³-hybridized carbons (Fsp3) is 0.241. The van der Waals surface area contributed by atoms with Crippen molar-refractivity contribution in [1.82, 2.24) is 19.9 Å². The van der Waals surface area contributed by atoms with Gasteiger partial charge in [0.05, 0.1) is 0 Å². The molecule has 2 N–H and O–H groups in total. The number of H-pyrrole nitrogens is 1. The molecule has 0 atom stereocenters. The molecule has 8 heteroatoms. The molecule has 188 valence electrons. The van der Waals surface area contributed by atoms with Crippen LogP contribution >= 0.6 is 0 Å². The van der Waals surface area contributed by atoms with Crippen molar-refractivity contribution in [3.8, 4) is 0 Å². The minimum absolute atomic E-state index is 0.692. The van der Waals surface area contributed by atoms with Gasteiger partial charge in [-0.3, -0.25) is 4.90 Å². The van der Waals surface area contributed by atoms with Gasteiger partial charge in [0.25, 0.3) is 0 Å². The first-order chi connectivity index (χ1) is 18.1. The second kappa shape index (κ2) is 10.1. The van der Waals surface area contributed by atoms with E-state index in [0.29, 0.717) is 6.42 Å². The van der Waals surface area contributed by atoms with E-state index in [-0.39, 0.29) is 0 Å². The molecule has 3 aromatic carbocycles. The van der Waals surface area contributed by atoms with Crippen LogP contribution in [0.2, 0.25) is 0 Å². The molecule has 37 heavy (non-hydrogen) atoms. The van der Waals surface area contributed by atoms with Gasteiger partial charge < -0.3 is 15.2 Å². The summed E-state index contributed by atoms with van der Waals surface area (Å²) in [6, 6.07) is 20.8. The zero-order valence-electron chi connectivity index (χ0n) is 20.4. The number of rotatable bonds is 7. The molecule has 0 radical (unpaired) electrons. The van der Waals surface area contributed by atoms with E-state index >= 15 is 0 Å². The van der Waals surface area contributed by atoms with Gasteiger partial charge in [-0.25, -0.2) is 18.7 Å². The fourth-order valence-electron chi connectivity index (χ4n) is 4.99. The molecular formula is C29H28F2N6. The molecule has 1 fully saturated rings. The highest BCUT2D eigenvalue weighted by Gasteiger charge is 2.21. The smallest absolute Gasteiger partial charge is 0.159 e. The monoisotopic (exact) mass is 498 g/mol. The van der Waals surface area contributed by atoms with Gasteiger partial charge in [0.2, 0.25) is 0 Å². The number of hydrogen-bond donors (Lipinski definition) is 2. The third-order valence-corrected chi connectivity index (χ3v) is 7.07. The van der Waals surface area contributed by atoms with Gasteiger partial charge in [-0.2, -0.15) is 0 Å². The van der Waals surface area contributed by atoms with Crippen molar-refractivity contribution in [2.45, 2.75) is 13.0 Å². The molecule has 3 heterocycles. The van der Waals surface area contributed by atoms with Crippen LogP contribution in [-0.4, -0.2) is 52.6 Å². The van der Waals surface area contributed by atoms with Gasteiger partial charge >= 0.3 is 0 Å². The van der Waals surface area contributed by atoms with E-state index in [4.69, 9.17) is 0 Å². The number of aromatic nitrogens is 3. The van der Waals surface area contributed by atoms with Crippen molar-refractivity contribution in [3.63, 3.8) is 0 Å². The molecule has 1 aliphatic rings. The normalized spacial score (nSPS) is 14.5. The summed E-state index contributed by atoms with van der Waals surface area (Å²) in [4.78, 5) is 17.4. The van der Waals surface area contributed by atoms with E-state index in [1.165, 1.54) is 17.7 Å². The lowest BCUT2D eigenvalue weighted by Gasteiger charge is -2.35. The molecule has 2 aromatic heterocycles. The number of piperazine rings is 1. The Morgan fingerprint density at radius 1 is 0.838 bits per heavy atom. The van der Waals surface area contributed by atoms with Crippen molar-refractivity contribution in [1.29, 1.82) is 0 Å². The first kappa shape index (κ1) is 23.4. The van der Waals surface area contributed by atoms with Crippen molar-refractivity contribution in [2.24, 2.45) is 0 Å². The first-order valence-corrected chi connectivity index (χ1v) is 12.6. The van der Waals surface area contributed by atoms with Crippen LogP contribution in [0.4, 0.5) is 20.3 Å². The second-order valence-corrected chi connectivity index (χ2v) is 9.47. The lowest BCUT2D eigenvalue weighted by molar-refractivity contribution is 0.260. The van der Waals surface area contributed by atoms with Gasteiger partial charge in [-0.15, -0.1) is 0 Å². The summed E-state index contributed by atoms with van der Waals surface area (Å²) in [7, 11) is 0. The minimum Gasteiger partial charge on any atom is -0.381 e. The zero-order chi connectivity index (χ0) is 25.2. The first-order valence-electron chi connectivity index (χ1n) is 12.6. The molecule has 0 amide bonds. The molecule has 0 saturated carbocycles. The average Bonchev–Trinajstić information content (AvgIpc) is 3.32. The maximum Gasteiger partial charge on any atom is 0.159 e. The number of nitrogens with one attached hydrogen (secondary N) is 2. The molecule has 0 bridgehead atoms.